The van der Waals surface area contributed by atoms with Crippen LogP contribution in [0, 0.1) is 0 Å². The first-order valence-electron chi connectivity index (χ1n) is 7.10. The first kappa shape index (κ1) is 15.0. The average molecular weight is 295 g/mol. The van der Waals surface area contributed by atoms with Gasteiger partial charge < -0.3 is 9.64 Å². The molecule has 2 rings (SSSR count). The molecule has 1 unspecified atom stereocenters. The van der Waals surface area contributed by atoms with Crippen molar-refractivity contribution in [2.75, 3.05) is 20.2 Å². The summed E-state index contributed by atoms with van der Waals surface area (Å²) >= 11 is 1.74. The van der Waals surface area contributed by atoms with Crippen LogP contribution in [0.4, 0.5) is 0 Å². The molecule has 110 valence electrons. The molecular weight excluding hydrogens is 274 g/mol. The van der Waals surface area contributed by atoms with Crippen molar-refractivity contribution in [1.82, 2.24) is 4.90 Å². The number of nitrogens with zero attached hydrogens (tertiary/aromatic N) is 1. The van der Waals surface area contributed by atoms with Crippen molar-refractivity contribution in [3.8, 4) is 0 Å². The zero-order chi connectivity index (χ0) is 14.5. The maximum atomic E-state index is 12.5. The van der Waals surface area contributed by atoms with Crippen molar-refractivity contribution in [2.24, 2.45) is 0 Å². The lowest BCUT2D eigenvalue weighted by molar-refractivity contribution is -0.144. The maximum Gasteiger partial charge on any atom is 0.307 e. The lowest BCUT2D eigenvalue weighted by Crippen LogP contribution is -2.34. The van der Waals surface area contributed by atoms with Gasteiger partial charge >= 0.3 is 5.97 Å². The van der Waals surface area contributed by atoms with Crippen LogP contribution in [0.2, 0.25) is 0 Å². The van der Waals surface area contributed by atoms with E-state index in [-0.39, 0.29) is 24.2 Å². The number of hydrogen-bond donors (Lipinski definition) is 0. The first-order chi connectivity index (χ1) is 9.63. The minimum Gasteiger partial charge on any atom is -0.466 e. The molecule has 1 atom stereocenters. The molecule has 1 amide bonds. The molecule has 0 bridgehead atoms. The van der Waals surface area contributed by atoms with Gasteiger partial charge in [-0.15, -0.1) is 11.3 Å². The number of esters is 1. The zero-order valence-electron chi connectivity index (χ0n) is 12.1. The molecule has 0 aromatic carbocycles. The molecule has 0 aliphatic heterocycles. The van der Waals surface area contributed by atoms with Gasteiger partial charge in [0, 0.05) is 18.5 Å². The van der Waals surface area contributed by atoms with Gasteiger partial charge in [0.25, 0.3) is 0 Å². The van der Waals surface area contributed by atoms with Crippen LogP contribution >= 0.6 is 11.3 Å². The molecule has 4 nitrogen and oxygen atoms in total. The highest BCUT2D eigenvalue weighted by molar-refractivity contribution is 7.10. The van der Waals surface area contributed by atoms with Crippen molar-refractivity contribution in [3.05, 3.63) is 21.9 Å². The number of thiophene rings is 1. The van der Waals surface area contributed by atoms with E-state index < -0.39 is 0 Å². The topological polar surface area (TPSA) is 46.6 Å². The van der Waals surface area contributed by atoms with Crippen molar-refractivity contribution >= 4 is 23.2 Å². The van der Waals surface area contributed by atoms with E-state index in [1.165, 1.54) is 10.4 Å². The molecule has 5 heteroatoms. The summed E-state index contributed by atoms with van der Waals surface area (Å²) in [5.41, 5.74) is 1.19. The second-order valence-electron chi connectivity index (χ2n) is 5.06. The minimum absolute atomic E-state index is 0.0304. The molecule has 1 aromatic heterocycles. The van der Waals surface area contributed by atoms with Gasteiger partial charge in [-0.3, -0.25) is 9.59 Å². The Bertz CT molecular complexity index is 483. The highest BCUT2D eigenvalue weighted by Gasteiger charge is 2.29. The van der Waals surface area contributed by atoms with Crippen LogP contribution in [0.3, 0.4) is 0 Å². The molecule has 1 aliphatic rings. The van der Waals surface area contributed by atoms with Crippen molar-refractivity contribution in [1.29, 1.82) is 0 Å². The van der Waals surface area contributed by atoms with Crippen LogP contribution in [0.5, 0.6) is 0 Å². The molecule has 0 radical (unpaired) electrons. The summed E-state index contributed by atoms with van der Waals surface area (Å²) in [5.74, 6) is -0.155. The number of likely N-dealkylation sites (N-methyl/N-ethyl adjacent to an activating group) is 1. The minimum atomic E-state index is -0.244. The van der Waals surface area contributed by atoms with Crippen molar-refractivity contribution in [3.63, 3.8) is 0 Å². The SMILES string of the molecule is CCOC(=O)CCN(C)C(=O)C1CCCc2sccc21. The maximum absolute atomic E-state index is 12.5. The zero-order valence-corrected chi connectivity index (χ0v) is 12.9. The standard InChI is InChI=1S/C15H21NO3S/c1-3-19-14(17)7-9-16(2)15(18)12-5-4-6-13-11(12)8-10-20-13/h8,10,12H,3-7,9H2,1-2H3. The number of carbonyl (C=O) groups excluding carboxylic acids is 2. The van der Waals surface area contributed by atoms with Gasteiger partial charge in [-0.25, -0.2) is 0 Å². The van der Waals surface area contributed by atoms with Crippen LogP contribution in [0.25, 0.3) is 0 Å². The Balaban J connectivity index is 1.93. The van der Waals surface area contributed by atoms with Gasteiger partial charge in [0.2, 0.25) is 5.91 Å². The van der Waals surface area contributed by atoms with Gasteiger partial charge in [-0.05, 0) is 43.2 Å². The molecule has 0 saturated carbocycles. The summed E-state index contributed by atoms with van der Waals surface area (Å²) in [6.45, 7) is 2.60. The summed E-state index contributed by atoms with van der Waals surface area (Å²) in [4.78, 5) is 26.9. The quantitative estimate of drug-likeness (QED) is 0.784. The van der Waals surface area contributed by atoms with Crippen LogP contribution in [-0.4, -0.2) is 37.0 Å². The van der Waals surface area contributed by atoms with Gasteiger partial charge in [-0.1, -0.05) is 0 Å². The predicted octanol–water partition coefficient (Wildman–Crippen LogP) is 2.58. The van der Waals surface area contributed by atoms with Gasteiger partial charge in [0.15, 0.2) is 0 Å². The van der Waals surface area contributed by atoms with E-state index in [1.54, 1.807) is 30.2 Å². The number of hydrogen-bond acceptors (Lipinski definition) is 4. The normalized spacial score (nSPS) is 17.4. The number of fused-ring (bicyclic) bond motifs is 1. The Labute approximate surface area is 123 Å². The summed E-state index contributed by atoms with van der Waals surface area (Å²) in [7, 11) is 1.77. The summed E-state index contributed by atoms with van der Waals surface area (Å²) < 4.78 is 4.89. The molecule has 0 saturated heterocycles. The smallest absolute Gasteiger partial charge is 0.307 e. The van der Waals surface area contributed by atoms with Crippen molar-refractivity contribution < 1.29 is 14.3 Å². The number of aryl methyl sites for hydroxylation is 1. The van der Waals surface area contributed by atoms with E-state index in [0.29, 0.717) is 13.2 Å². The first-order valence-corrected chi connectivity index (χ1v) is 7.98. The molecular formula is C15H21NO3S. The fourth-order valence-corrected chi connectivity index (χ4v) is 3.60. The third-order valence-corrected chi connectivity index (χ3v) is 4.68. The largest absolute Gasteiger partial charge is 0.466 e. The second-order valence-corrected chi connectivity index (χ2v) is 6.06. The molecule has 0 spiro atoms. The summed E-state index contributed by atoms with van der Waals surface area (Å²) in [5, 5.41) is 2.06. The number of rotatable bonds is 5. The van der Waals surface area contributed by atoms with E-state index in [1.807, 2.05) is 0 Å². The summed E-state index contributed by atoms with van der Waals surface area (Å²) in [6.07, 6.45) is 3.32. The number of amides is 1. The fraction of sp³-hybridized carbons (Fsp3) is 0.600. The highest BCUT2D eigenvalue weighted by atomic mass is 32.1. The third-order valence-electron chi connectivity index (χ3n) is 3.68. The fourth-order valence-electron chi connectivity index (χ4n) is 2.61. The summed E-state index contributed by atoms with van der Waals surface area (Å²) in [6, 6.07) is 2.07. The average Bonchev–Trinajstić information content (AvgIpc) is 2.92. The van der Waals surface area contributed by atoms with E-state index in [0.717, 1.165) is 19.3 Å². The molecule has 1 aromatic rings. The Hall–Kier alpha value is -1.36. The Morgan fingerprint density at radius 2 is 2.30 bits per heavy atom. The van der Waals surface area contributed by atoms with E-state index in [4.69, 9.17) is 4.74 Å². The van der Waals surface area contributed by atoms with E-state index in [9.17, 15) is 9.59 Å². The molecule has 1 heterocycles. The third kappa shape index (κ3) is 3.39. The molecule has 0 N–H and O–H groups in total. The lowest BCUT2D eigenvalue weighted by atomic mass is 9.87. The number of carbonyl (C=O) groups is 2. The lowest BCUT2D eigenvalue weighted by Gasteiger charge is -2.26. The van der Waals surface area contributed by atoms with E-state index >= 15 is 0 Å². The Morgan fingerprint density at radius 1 is 1.50 bits per heavy atom. The molecule has 1 aliphatic carbocycles. The van der Waals surface area contributed by atoms with Crippen LogP contribution in [0.15, 0.2) is 11.4 Å². The monoisotopic (exact) mass is 295 g/mol. The van der Waals surface area contributed by atoms with Crippen LogP contribution < -0.4 is 0 Å². The second kappa shape index (κ2) is 6.88. The Morgan fingerprint density at radius 3 is 3.05 bits per heavy atom. The van der Waals surface area contributed by atoms with Crippen LogP contribution in [-0.2, 0) is 20.7 Å². The van der Waals surface area contributed by atoms with Crippen molar-refractivity contribution in [2.45, 2.75) is 38.5 Å². The highest BCUT2D eigenvalue weighted by Crippen LogP contribution is 2.35. The van der Waals surface area contributed by atoms with Crippen LogP contribution in [0.1, 0.15) is 42.5 Å². The van der Waals surface area contributed by atoms with Gasteiger partial charge in [0.05, 0.1) is 18.9 Å². The van der Waals surface area contributed by atoms with Gasteiger partial charge in [-0.2, -0.15) is 0 Å². The van der Waals surface area contributed by atoms with Gasteiger partial charge in [0.1, 0.15) is 0 Å². The number of ether oxygens (including phenoxy) is 1. The Kier molecular flexibility index (Phi) is 5.17. The van der Waals surface area contributed by atoms with E-state index in [2.05, 4.69) is 11.4 Å². The predicted molar refractivity (Wildman–Crippen MR) is 78.9 cm³/mol. The molecule has 20 heavy (non-hydrogen) atoms. The molecule has 0 fully saturated rings.